The Morgan fingerprint density at radius 1 is 1.14 bits per heavy atom. The molecule has 0 bridgehead atoms. The van der Waals surface area contributed by atoms with E-state index in [0.717, 1.165) is 32.1 Å². The highest BCUT2D eigenvalue weighted by Gasteiger charge is 2.22. The molecule has 0 saturated heterocycles. The molecule has 162 valence electrons. The van der Waals surface area contributed by atoms with E-state index in [1.807, 2.05) is 19.9 Å². The predicted octanol–water partition coefficient (Wildman–Crippen LogP) is 6.20. The molecule has 0 unspecified atom stereocenters. The summed E-state index contributed by atoms with van der Waals surface area (Å²) in [5, 5.41) is 24.3. The summed E-state index contributed by atoms with van der Waals surface area (Å²) in [6.07, 6.45) is 10.2. The summed E-state index contributed by atoms with van der Waals surface area (Å²) in [7, 11) is 0. The molecule has 0 spiro atoms. The van der Waals surface area contributed by atoms with Gasteiger partial charge in [-0.1, -0.05) is 43.1 Å². The molecule has 4 heteroatoms. The molecule has 0 aliphatic rings. The van der Waals surface area contributed by atoms with Crippen LogP contribution in [-0.2, 0) is 12.8 Å². The van der Waals surface area contributed by atoms with Crippen molar-refractivity contribution in [2.24, 2.45) is 0 Å². The second kappa shape index (κ2) is 12.4. The summed E-state index contributed by atoms with van der Waals surface area (Å²) in [6.45, 7) is 12.1. The van der Waals surface area contributed by atoms with Gasteiger partial charge in [0.05, 0.1) is 5.56 Å². The first-order valence-corrected chi connectivity index (χ1v) is 10.8. The summed E-state index contributed by atoms with van der Waals surface area (Å²) in [5.74, 6) is -0.319. The average molecular weight is 402 g/mol. The van der Waals surface area contributed by atoms with Crippen molar-refractivity contribution < 1.29 is 15.0 Å². The van der Waals surface area contributed by atoms with Crippen molar-refractivity contribution in [3.8, 4) is 11.5 Å². The van der Waals surface area contributed by atoms with Crippen LogP contribution < -0.4 is 5.32 Å². The highest BCUT2D eigenvalue weighted by molar-refractivity contribution is 5.99. The minimum Gasteiger partial charge on any atom is -0.508 e. The minimum absolute atomic E-state index is 0.0279. The van der Waals surface area contributed by atoms with E-state index in [4.69, 9.17) is 0 Å². The van der Waals surface area contributed by atoms with Crippen molar-refractivity contribution in [1.82, 2.24) is 5.32 Å². The Labute approximate surface area is 176 Å². The van der Waals surface area contributed by atoms with Crippen LogP contribution in [0.4, 0.5) is 0 Å². The van der Waals surface area contributed by atoms with E-state index in [0.29, 0.717) is 29.5 Å². The third kappa shape index (κ3) is 8.35. The molecule has 0 aromatic heterocycles. The first-order valence-electron chi connectivity index (χ1n) is 10.8. The summed E-state index contributed by atoms with van der Waals surface area (Å²) in [6, 6.07) is 1.63. The Hall–Kier alpha value is -2.23. The molecule has 0 aliphatic carbocycles. The van der Waals surface area contributed by atoms with Crippen molar-refractivity contribution in [3.05, 3.63) is 46.1 Å². The van der Waals surface area contributed by atoms with Gasteiger partial charge in [-0.2, -0.15) is 0 Å². The van der Waals surface area contributed by atoms with Gasteiger partial charge >= 0.3 is 0 Å². The summed E-state index contributed by atoms with van der Waals surface area (Å²) >= 11 is 0. The van der Waals surface area contributed by atoms with Crippen LogP contribution in [-0.4, -0.2) is 22.2 Å². The summed E-state index contributed by atoms with van der Waals surface area (Å²) in [5.41, 5.74) is 3.92. The number of carbonyl (C=O) groups is 1. The number of phenolic OH excluding ortho intramolecular Hbond substituents is 2. The van der Waals surface area contributed by atoms with Crippen molar-refractivity contribution in [2.75, 3.05) is 0 Å². The molecular formula is C25H39NO3. The van der Waals surface area contributed by atoms with E-state index in [-0.39, 0.29) is 23.4 Å². The molecule has 0 radical (unpaired) electrons. The molecule has 29 heavy (non-hydrogen) atoms. The molecule has 3 N–H and O–H groups in total. The number of unbranched alkanes of at least 4 members (excludes halogenated alkanes) is 2. The van der Waals surface area contributed by atoms with Crippen LogP contribution in [0.1, 0.15) is 95.1 Å². The molecule has 1 aromatic carbocycles. The second-order valence-corrected chi connectivity index (χ2v) is 8.42. The van der Waals surface area contributed by atoms with Crippen molar-refractivity contribution >= 4 is 5.91 Å². The number of allylic oxidation sites excluding steroid dienone is 4. The SMILES string of the molecule is CCCCCc1cc(O)c(CC=C(C)CCC=C(C)C)c(O)c1C(=O)NC(C)C. The maximum atomic E-state index is 12.8. The van der Waals surface area contributed by atoms with Gasteiger partial charge in [-0.3, -0.25) is 4.79 Å². The first kappa shape index (κ1) is 24.8. The largest absolute Gasteiger partial charge is 0.508 e. The Bertz CT molecular complexity index is 741. The van der Waals surface area contributed by atoms with Gasteiger partial charge in [0, 0.05) is 11.6 Å². The number of carbonyl (C=O) groups excluding carboxylic acids is 1. The molecule has 0 saturated carbocycles. The molecule has 1 rings (SSSR count). The van der Waals surface area contributed by atoms with E-state index >= 15 is 0 Å². The van der Waals surface area contributed by atoms with Gasteiger partial charge in [-0.05, 0) is 78.4 Å². The molecule has 0 fully saturated rings. The normalized spacial score (nSPS) is 11.6. The zero-order chi connectivity index (χ0) is 22.0. The van der Waals surface area contributed by atoms with Crippen LogP contribution in [0, 0.1) is 0 Å². The second-order valence-electron chi connectivity index (χ2n) is 8.42. The zero-order valence-corrected chi connectivity index (χ0v) is 19.1. The van der Waals surface area contributed by atoms with Gasteiger partial charge in [0.1, 0.15) is 11.5 Å². The molecule has 0 aliphatic heterocycles. The number of aryl methyl sites for hydroxylation is 1. The molecule has 0 atom stereocenters. The van der Waals surface area contributed by atoms with E-state index in [2.05, 4.69) is 39.1 Å². The van der Waals surface area contributed by atoms with Crippen LogP contribution >= 0.6 is 0 Å². The van der Waals surface area contributed by atoms with Crippen molar-refractivity contribution in [3.63, 3.8) is 0 Å². The van der Waals surface area contributed by atoms with Crippen molar-refractivity contribution in [2.45, 2.75) is 92.5 Å². The van der Waals surface area contributed by atoms with Gasteiger partial charge in [-0.15, -0.1) is 0 Å². The van der Waals surface area contributed by atoms with Crippen LogP contribution in [0.25, 0.3) is 0 Å². The highest BCUT2D eigenvalue weighted by Crippen LogP contribution is 2.35. The van der Waals surface area contributed by atoms with Crippen molar-refractivity contribution in [1.29, 1.82) is 0 Å². The lowest BCUT2D eigenvalue weighted by Crippen LogP contribution is -2.31. The fraction of sp³-hybridized carbons (Fsp3) is 0.560. The lowest BCUT2D eigenvalue weighted by atomic mass is 9.94. The number of amides is 1. The molecular weight excluding hydrogens is 362 g/mol. The van der Waals surface area contributed by atoms with Crippen LogP contribution in [0.15, 0.2) is 29.4 Å². The van der Waals surface area contributed by atoms with E-state index < -0.39 is 0 Å². The lowest BCUT2D eigenvalue weighted by molar-refractivity contribution is 0.0939. The van der Waals surface area contributed by atoms with Gasteiger partial charge in [-0.25, -0.2) is 0 Å². The fourth-order valence-corrected chi connectivity index (χ4v) is 3.27. The smallest absolute Gasteiger partial charge is 0.255 e. The highest BCUT2D eigenvalue weighted by atomic mass is 16.3. The zero-order valence-electron chi connectivity index (χ0n) is 19.1. The predicted molar refractivity (Wildman–Crippen MR) is 122 cm³/mol. The molecule has 0 heterocycles. The summed E-state index contributed by atoms with van der Waals surface area (Å²) in [4.78, 5) is 12.8. The Kier molecular flexibility index (Phi) is 10.6. The van der Waals surface area contributed by atoms with Gasteiger partial charge in [0.2, 0.25) is 0 Å². The maximum Gasteiger partial charge on any atom is 0.255 e. The number of hydrogen-bond donors (Lipinski definition) is 3. The van der Waals surface area contributed by atoms with Gasteiger partial charge in [0.15, 0.2) is 0 Å². The first-order chi connectivity index (χ1) is 13.7. The topological polar surface area (TPSA) is 69.6 Å². The van der Waals surface area contributed by atoms with E-state index in [1.54, 1.807) is 6.07 Å². The number of benzene rings is 1. The van der Waals surface area contributed by atoms with Crippen LogP contribution in [0.2, 0.25) is 0 Å². The number of hydrogen-bond acceptors (Lipinski definition) is 3. The lowest BCUT2D eigenvalue weighted by Gasteiger charge is -2.17. The standard InChI is InChI=1S/C25H39NO3/c1-7-8-9-13-20-16-22(27)21(15-14-19(6)12-10-11-17(2)3)24(28)23(20)25(29)26-18(4)5/h11,14,16,18,27-28H,7-10,12-13,15H2,1-6H3,(H,26,29). The molecule has 1 aromatic rings. The Balaban J connectivity index is 3.17. The average Bonchev–Trinajstić information content (AvgIpc) is 2.60. The van der Waals surface area contributed by atoms with Gasteiger partial charge < -0.3 is 15.5 Å². The third-order valence-electron chi connectivity index (χ3n) is 4.91. The van der Waals surface area contributed by atoms with E-state index in [1.165, 1.54) is 11.1 Å². The quantitative estimate of drug-likeness (QED) is 0.305. The monoisotopic (exact) mass is 401 g/mol. The fourth-order valence-electron chi connectivity index (χ4n) is 3.27. The van der Waals surface area contributed by atoms with E-state index in [9.17, 15) is 15.0 Å². The number of rotatable bonds is 11. The Morgan fingerprint density at radius 3 is 2.41 bits per heavy atom. The molecule has 4 nitrogen and oxygen atoms in total. The minimum atomic E-state index is -0.283. The Morgan fingerprint density at radius 2 is 1.83 bits per heavy atom. The number of aromatic hydroxyl groups is 2. The maximum absolute atomic E-state index is 12.8. The van der Waals surface area contributed by atoms with Crippen LogP contribution in [0.5, 0.6) is 11.5 Å². The van der Waals surface area contributed by atoms with Gasteiger partial charge in [0.25, 0.3) is 5.91 Å². The third-order valence-corrected chi connectivity index (χ3v) is 4.91. The number of phenols is 2. The van der Waals surface area contributed by atoms with Crippen LogP contribution in [0.3, 0.4) is 0 Å². The molecule has 1 amide bonds. The number of nitrogens with one attached hydrogen (secondary N) is 1. The summed E-state index contributed by atoms with van der Waals surface area (Å²) < 4.78 is 0.